The third-order valence-electron chi connectivity index (χ3n) is 4.20. The van der Waals surface area contributed by atoms with E-state index in [4.69, 9.17) is 27.9 Å². The van der Waals surface area contributed by atoms with Gasteiger partial charge in [0, 0.05) is 11.6 Å². The minimum absolute atomic E-state index is 0.0948. The molecule has 1 aromatic carbocycles. The lowest BCUT2D eigenvalue weighted by Crippen LogP contribution is -2.21. The molecule has 4 nitrogen and oxygen atoms in total. The maximum absolute atomic E-state index is 14.4. The number of hydrogen-bond donors (Lipinski definition) is 0. The Balaban J connectivity index is 2.05. The Kier molecular flexibility index (Phi) is 4.83. The second-order valence-corrected chi connectivity index (χ2v) is 6.70. The van der Waals surface area contributed by atoms with Crippen molar-refractivity contribution < 1.29 is 13.9 Å². The smallest absolute Gasteiger partial charge is 0.169 e. The number of carbonyl (C=O) groups excluding carboxylic acids is 1. The fourth-order valence-electron chi connectivity index (χ4n) is 2.72. The topological polar surface area (TPSA) is 44.1 Å². The van der Waals surface area contributed by atoms with Crippen LogP contribution in [0.4, 0.5) is 4.39 Å². The van der Waals surface area contributed by atoms with Crippen LogP contribution in [0.15, 0.2) is 12.1 Å². The van der Waals surface area contributed by atoms with Crippen LogP contribution in [0.3, 0.4) is 0 Å². The number of Topliss-reactive ketones (excluding diaryl/α,β-unsaturated/α-hetero) is 1. The summed E-state index contributed by atoms with van der Waals surface area (Å²) in [5.74, 6) is -0.477. The van der Waals surface area contributed by atoms with E-state index in [0.29, 0.717) is 5.15 Å². The van der Waals surface area contributed by atoms with E-state index in [9.17, 15) is 9.18 Å². The summed E-state index contributed by atoms with van der Waals surface area (Å²) in [6, 6.07) is 2.58. The highest BCUT2D eigenvalue weighted by atomic mass is 35.5. The van der Waals surface area contributed by atoms with Crippen LogP contribution in [-0.2, 0) is 17.6 Å². The van der Waals surface area contributed by atoms with Gasteiger partial charge in [-0.2, -0.15) is 5.10 Å². The first-order valence-corrected chi connectivity index (χ1v) is 8.57. The van der Waals surface area contributed by atoms with Gasteiger partial charge in [-0.05, 0) is 45.6 Å². The highest BCUT2D eigenvalue weighted by Crippen LogP contribution is 2.34. The van der Waals surface area contributed by atoms with Crippen LogP contribution in [0.2, 0.25) is 10.2 Å². The Morgan fingerprint density at radius 3 is 2.71 bits per heavy atom. The molecule has 0 bridgehead atoms. The van der Waals surface area contributed by atoms with E-state index in [1.165, 1.54) is 17.7 Å². The summed E-state index contributed by atoms with van der Waals surface area (Å²) in [5.41, 5.74) is 2.03. The van der Waals surface area contributed by atoms with Gasteiger partial charge in [-0.3, -0.25) is 4.79 Å². The van der Waals surface area contributed by atoms with Gasteiger partial charge in [-0.15, -0.1) is 0 Å². The molecule has 1 aromatic heterocycles. The minimum atomic E-state index is -0.679. The average molecular weight is 371 g/mol. The van der Waals surface area contributed by atoms with E-state index in [1.54, 1.807) is 6.92 Å². The lowest BCUT2D eigenvalue weighted by Gasteiger charge is -2.15. The van der Waals surface area contributed by atoms with Gasteiger partial charge in [0.1, 0.15) is 16.6 Å². The molecule has 0 radical (unpaired) electrons. The Bertz CT molecular complexity index is 804. The van der Waals surface area contributed by atoms with Crippen LogP contribution in [0.5, 0.6) is 5.75 Å². The normalized spacial score (nSPS) is 15.0. The molecule has 0 spiro atoms. The molecule has 0 amide bonds. The number of ether oxygens (including phenoxy) is 1. The van der Waals surface area contributed by atoms with E-state index in [0.717, 1.165) is 43.0 Å². The van der Waals surface area contributed by atoms with Gasteiger partial charge in [0.05, 0.1) is 10.7 Å². The summed E-state index contributed by atoms with van der Waals surface area (Å²) in [6.07, 6.45) is 3.10. The second kappa shape index (κ2) is 6.73. The number of halogens is 3. The van der Waals surface area contributed by atoms with Crippen LogP contribution in [0.1, 0.15) is 37.9 Å². The Morgan fingerprint density at radius 2 is 2.04 bits per heavy atom. The number of aryl methyl sites for hydroxylation is 1. The highest BCUT2D eigenvalue weighted by molar-refractivity contribution is 6.32. The molecule has 0 aliphatic heterocycles. The third-order valence-corrected chi connectivity index (χ3v) is 4.88. The van der Waals surface area contributed by atoms with Gasteiger partial charge >= 0.3 is 0 Å². The van der Waals surface area contributed by atoms with Crippen LogP contribution >= 0.6 is 23.2 Å². The maximum atomic E-state index is 14.4. The van der Waals surface area contributed by atoms with Crippen molar-refractivity contribution in [2.45, 2.75) is 45.6 Å². The number of fused-ring (bicyclic) bond motifs is 1. The molecule has 1 aliphatic rings. The summed E-state index contributed by atoms with van der Waals surface area (Å²) < 4.78 is 21.3. The van der Waals surface area contributed by atoms with Gasteiger partial charge in [-0.1, -0.05) is 23.2 Å². The molecule has 0 N–H and O–H groups in total. The fraction of sp³-hybridized carbons (Fsp3) is 0.412. The molecule has 24 heavy (non-hydrogen) atoms. The van der Waals surface area contributed by atoms with Crippen molar-refractivity contribution in [1.82, 2.24) is 9.78 Å². The molecular weight excluding hydrogens is 354 g/mol. The zero-order valence-corrected chi connectivity index (χ0v) is 14.9. The lowest BCUT2D eigenvalue weighted by atomic mass is 9.99. The Hall–Kier alpha value is -1.59. The quantitative estimate of drug-likeness (QED) is 0.792. The van der Waals surface area contributed by atoms with E-state index < -0.39 is 11.9 Å². The standard InChI is InChI=1S/C17H17Cl2FN2O2/c1-9(23)10(2)24-16-8-15(13(20)7-12(16)18)22-17(19)11-5-3-4-6-14(11)21-22/h7-8,10H,3-6H2,1-2H3. The van der Waals surface area contributed by atoms with Gasteiger partial charge in [-0.25, -0.2) is 9.07 Å². The largest absolute Gasteiger partial charge is 0.481 e. The van der Waals surface area contributed by atoms with Gasteiger partial charge in [0.25, 0.3) is 0 Å². The number of ketones is 1. The number of aromatic nitrogens is 2. The summed E-state index contributed by atoms with van der Waals surface area (Å²) in [4.78, 5) is 11.4. The van der Waals surface area contributed by atoms with Crippen molar-refractivity contribution >= 4 is 29.0 Å². The third kappa shape index (κ3) is 3.15. The molecule has 1 unspecified atom stereocenters. The zero-order valence-electron chi connectivity index (χ0n) is 13.4. The lowest BCUT2D eigenvalue weighted by molar-refractivity contribution is -0.122. The minimum Gasteiger partial charge on any atom is -0.481 e. The van der Waals surface area contributed by atoms with Crippen LogP contribution in [-0.4, -0.2) is 21.7 Å². The van der Waals surface area contributed by atoms with Crippen LogP contribution < -0.4 is 4.74 Å². The molecule has 0 saturated carbocycles. The number of rotatable bonds is 4. The first-order valence-electron chi connectivity index (χ1n) is 7.81. The summed E-state index contributed by atoms with van der Waals surface area (Å²) >= 11 is 12.4. The molecule has 0 saturated heterocycles. The number of carbonyl (C=O) groups is 1. The van der Waals surface area contributed by atoms with Crippen molar-refractivity contribution in [3.05, 3.63) is 39.4 Å². The number of nitrogens with zero attached hydrogens (tertiary/aromatic N) is 2. The summed E-state index contributed by atoms with van der Waals surface area (Å²) in [5, 5.41) is 4.95. The number of benzene rings is 1. The second-order valence-electron chi connectivity index (χ2n) is 5.94. The monoisotopic (exact) mass is 370 g/mol. The van der Waals surface area contributed by atoms with E-state index in [2.05, 4.69) is 5.10 Å². The molecule has 7 heteroatoms. The maximum Gasteiger partial charge on any atom is 0.169 e. The van der Waals surface area contributed by atoms with Crippen molar-refractivity contribution in [3.63, 3.8) is 0 Å². The molecule has 3 rings (SSSR count). The van der Waals surface area contributed by atoms with Crippen molar-refractivity contribution in [2.24, 2.45) is 0 Å². The fourth-order valence-corrected chi connectivity index (χ4v) is 3.25. The predicted molar refractivity (Wildman–Crippen MR) is 91.0 cm³/mol. The van der Waals surface area contributed by atoms with Gasteiger partial charge in [0.15, 0.2) is 17.7 Å². The van der Waals surface area contributed by atoms with Crippen LogP contribution in [0, 0.1) is 5.82 Å². The van der Waals surface area contributed by atoms with E-state index in [1.807, 2.05) is 0 Å². The highest BCUT2D eigenvalue weighted by Gasteiger charge is 2.23. The SMILES string of the molecule is CC(=O)C(C)Oc1cc(-n2nc3c(c2Cl)CCCC3)c(F)cc1Cl. The first-order chi connectivity index (χ1) is 11.4. The van der Waals surface area contributed by atoms with Crippen molar-refractivity contribution in [2.75, 3.05) is 0 Å². The summed E-state index contributed by atoms with van der Waals surface area (Å²) in [6.45, 7) is 3.03. The van der Waals surface area contributed by atoms with Gasteiger partial charge in [0.2, 0.25) is 0 Å². The molecule has 1 heterocycles. The molecular formula is C17H17Cl2FN2O2. The van der Waals surface area contributed by atoms with Crippen molar-refractivity contribution in [3.8, 4) is 11.4 Å². The molecule has 1 atom stereocenters. The Morgan fingerprint density at radius 1 is 1.33 bits per heavy atom. The molecule has 1 aliphatic carbocycles. The van der Waals surface area contributed by atoms with Gasteiger partial charge < -0.3 is 4.74 Å². The Labute approximate surface area is 149 Å². The average Bonchev–Trinajstić information content (AvgIpc) is 2.87. The summed E-state index contributed by atoms with van der Waals surface area (Å²) in [7, 11) is 0. The van der Waals surface area contributed by atoms with E-state index in [-0.39, 0.29) is 22.2 Å². The molecule has 0 fully saturated rings. The number of hydrogen-bond acceptors (Lipinski definition) is 3. The zero-order chi connectivity index (χ0) is 17.4. The van der Waals surface area contributed by atoms with Crippen molar-refractivity contribution in [1.29, 1.82) is 0 Å². The molecule has 128 valence electrons. The first kappa shape index (κ1) is 17.2. The molecule has 2 aromatic rings. The van der Waals surface area contributed by atoms with E-state index >= 15 is 0 Å². The van der Waals surface area contributed by atoms with Crippen LogP contribution in [0.25, 0.3) is 5.69 Å². The predicted octanol–water partition coefficient (Wildman–Crippen LogP) is 4.55.